The summed E-state index contributed by atoms with van der Waals surface area (Å²) in [6.07, 6.45) is 3.12. The number of alkyl halides is 3. The fraction of sp³-hybridized carbons (Fsp3) is 0.842. The molecule has 2 unspecified atom stereocenters. The summed E-state index contributed by atoms with van der Waals surface area (Å²) in [5, 5.41) is 6.91. The maximum atomic E-state index is 13.5. The van der Waals surface area contributed by atoms with Crippen LogP contribution in [0.2, 0.25) is 0 Å². The highest BCUT2D eigenvalue weighted by atomic mass is 19.4. The van der Waals surface area contributed by atoms with Gasteiger partial charge in [0.05, 0.1) is 0 Å². The number of carbonyl (C=O) groups is 1. The van der Waals surface area contributed by atoms with Gasteiger partial charge in [-0.05, 0) is 49.9 Å². The van der Waals surface area contributed by atoms with Gasteiger partial charge in [0.15, 0.2) is 6.04 Å². The Morgan fingerprint density at radius 1 is 1.11 bits per heavy atom. The molecule has 4 atom stereocenters. The van der Waals surface area contributed by atoms with Crippen LogP contribution in [0.4, 0.5) is 19.1 Å². The third kappa shape index (κ3) is 3.06. The van der Waals surface area contributed by atoms with E-state index in [1.165, 1.54) is 32.0 Å². The molecule has 1 aromatic rings. The van der Waals surface area contributed by atoms with Crippen LogP contribution >= 0.6 is 0 Å². The van der Waals surface area contributed by atoms with Crippen molar-refractivity contribution < 1.29 is 18.0 Å². The number of hydrogen-bond donors (Lipinski definition) is 1. The molecule has 2 aliphatic heterocycles. The molecule has 4 aliphatic rings. The van der Waals surface area contributed by atoms with Gasteiger partial charge in [-0.1, -0.05) is 12.8 Å². The molecule has 154 valence electrons. The molecule has 3 heterocycles. The van der Waals surface area contributed by atoms with E-state index in [0.29, 0.717) is 30.8 Å². The molecule has 0 spiro atoms. The molecule has 1 saturated heterocycles. The Morgan fingerprint density at radius 3 is 2.43 bits per heavy atom. The molecule has 2 aliphatic carbocycles. The molecular formula is C19H26F3N5O. The fourth-order valence-corrected chi connectivity index (χ4v) is 5.82. The average Bonchev–Trinajstić information content (AvgIpc) is 3.22. The van der Waals surface area contributed by atoms with Gasteiger partial charge >= 0.3 is 6.18 Å². The first-order chi connectivity index (χ1) is 13.4. The lowest BCUT2D eigenvalue weighted by Crippen LogP contribution is -2.47. The van der Waals surface area contributed by atoms with Crippen LogP contribution in [0, 0.1) is 23.7 Å². The average molecular weight is 397 g/mol. The van der Waals surface area contributed by atoms with Crippen molar-refractivity contribution in [3.05, 3.63) is 6.33 Å². The van der Waals surface area contributed by atoms with E-state index < -0.39 is 12.2 Å². The Hall–Kier alpha value is -1.80. The first-order valence-corrected chi connectivity index (χ1v) is 10.4. The van der Waals surface area contributed by atoms with Crippen molar-refractivity contribution in [1.29, 1.82) is 0 Å². The van der Waals surface area contributed by atoms with Gasteiger partial charge in [0.1, 0.15) is 6.33 Å². The molecule has 1 N–H and O–H groups in total. The lowest BCUT2D eigenvalue weighted by molar-refractivity contribution is -0.174. The maximum absolute atomic E-state index is 13.5. The van der Waals surface area contributed by atoms with Gasteiger partial charge in [0, 0.05) is 25.0 Å². The quantitative estimate of drug-likeness (QED) is 0.832. The summed E-state index contributed by atoms with van der Waals surface area (Å²) < 4.78 is 41.4. The summed E-state index contributed by atoms with van der Waals surface area (Å²) in [6, 6.07) is -1.92. The van der Waals surface area contributed by atoms with Crippen LogP contribution in [-0.4, -0.2) is 50.9 Å². The van der Waals surface area contributed by atoms with Crippen molar-refractivity contribution in [2.45, 2.75) is 63.2 Å². The molecule has 2 saturated carbocycles. The van der Waals surface area contributed by atoms with Crippen molar-refractivity contribution in [1.82, 2.24) is 19.7 Å². The van der Waals surface area contributed by atoms with Crippen LogP contribution in [0.3, 0.4) is 0 Å². The van der Waals surface area contributed by atoms with Crippen molar-refractivity contribution in [2.24, 2.45) is 23.7 Å². The number of carbonyl (C=O) groups excluding carboxylic acids is 1. The molecule has 0 bridgehead atoms. The lowest BCUT2D eigenvalue weighted by atomic mass is 9.85. The van der Waals surface area contributed by atoms with Crippen LogP contribution < -0.4 is 5.32 Å². The largest absolute Gasteiger partial charge is 0.411 e. The number of halogens is 3. The highest BCUT2D eigenvalue weighted by molar-refractivity contribution is 5.82. The number of nitrogens with zero attached hydrogens (tertiary/aromatic N) is 4. The van der Waals surface area contributed by atoms with Crippen molar-refractivity contribution >= 4 is 11.9 Å². The van der Waals surface area contributed by atoms with Crippen LogP contribution in [-0.2, 0) is 4.79 Å². The van der Waals surface area contributed by atoms with Gasteiger partial charge < -0.3 is 10.2 Å². The predicted molar refractivity (Wildman–Crippen MR) is 95.4 cm³/mol. The van der Waals surface area contributed by atoms with E-state index in [9.17, 15) is 18.0 Å². The van der Waals surface area contributed by atoms with Crippen molar-refractivity contribution in [3.8, 4) is 0 Å². The zero-order valence-corrected chi connectivity index (χ0v) is 15.7. The first kappa shape index (κ1) is 18.2. The molecule has 5 rings (SSSR count). The fourth-order valence-electron chi connectivity index (χ4n) is 5.82. The standard InChI is InChI=1S/C19H26F3N5O/c20-19(21,22)15-9-14(25-18-23-10-24-27(15)18)11-5-7-26(8-6-11)17(28)16-12-3-1-2-4-13(12)16/h10-16H,1-9H2,(H,23,24,25)/t12?,13?,14-,15+,16?/m0/s1. The van der Waals surface area contributed by atoms with E-state index in [1.807, 2.05) is 4.90 Å². The van der Waals surface area contributed by atoms with E-state index in [1.54, 1.807) is 0 Å². The van der Waals surface area contributed by atoms with E-state index >= 15 is 0 Å². The number of anilines is 1. The third-order valence-electron chi connectivity index (χ3n) is 7.40. The summed E-state index contributed by atoms with van der Waals surface area (Å²) in [5.74, 6) is 2.01. The van der Waals surface area contributed by atoms with Crippen LogP contribution in [0.25, 0.3) is 0 Å². The van der Waals surface area contributed by atoms with E-state index in [-0.39, 0.29) is 30.2 Å². The van der Waals surface area contributed by atoms with Crippen LogP contribution in [0.15, 0.2) is 6.33 Å². The molecule has 6 nitrogen and oxygen atoms in total. The smallest absolute Gasteiger partial charge is 0.351 e. The molecule has 1 amide bonds. The highest BCUT2D eigenvalue weighted by Gasteiger charge is 2.56. The number of fused-ring (bicyclic) bond motifs is 2. The minimum Gasteiger partial charge on any atom is -0.351 e. The van der Waals surface area contributed by atoms with Gasteiger partial charge in [-0.25, -0.2) is 4.68 Å². The van der Waals surface area contributed by atoms with Gasteiger partial charge in [-0.15, -0.1) is 0 Å². The Bertz CT molecular complexity index is 730. The van der Waals surface area contributed by atoms with Gasteiger partial charge in [0.25, 0.3) is 0 Å². The summed E-state index contributed by atoms with van der Waals surface area (Å²) in [5.41, 5.74) is 0. The summed E-state index contributed by atoms with van der Waals surface area (Å²) >= 11 is 0. The Balaban J connectivity index is 1.21. The zero-order chi connectivity index (χ0) is 19.5. The Morgan fingerprint density at radius 2 is 1.79 bits per heavy atom. The van der Waals surface area contributed by atoms with E-state index in [2.05, 4.69) is 15.4 Å². The number of amides is 1. The maximum Gasteiger partial charge on any atom is 0.411 e. The molecule has 0 aromatic carbocycles. The number of piperidine rings is 1. The molecule has 9 heteroatoms. The Kier molecular flexibility index (Phi) is 4.32. The molecule has 0 radical (unpaired) electrons. The minimum atomic E-state index is -4.35. The first-order valence-electron chi connectivity index (χ1n) is 10.4. The van der Waals surface area contributed by atoms with E-state index in [4.69, 9.17) is 0 Å². The van der Waals surface area contributed by atoms with Crippen molar-refractivity contribution in [2.75, 3.05) is 18.4 Å². The van der Waals surface area contributed by atoms with Gasteiger partial charge in [-0.3, -0.25) is 4.79 Å². The summed E-state index contributed by atoms with van der Waals surface area (Å²) in [4.78, 5) is 18.8. The van der Waals surface area contributed by atoms with Crippen molar-refractivity contribution in [3.63, 3.8) is 0 Å². The topological polar surface area (TPSA) is 63.1 Å². The zero-order valence-electron chi connectivity index (χ0n) is 15.7. The van der Waals surface area contributed by atoms with Crippen LogP contribution in [0.5, 0.6) is 0 Å². The third-order valence-corrected chi connectivity index (χ3v) is 7.40. The SMILES string of the molecule is O=C(C1C2CCCCC21)N1CCC([C@@H]2C[C@H](C(F)(F)F)n3ncnc3N2)CC1. The second-order valence-corrected chi connectivity index (χ2v) is 8.87. The number of nitrogens with one attached hydrogen (secondary N) is 1. The number of hydrogen-bond acceptors (Lipinski definition) is 4. The molecule has 3 fully saturated rings. The lowest BCUT2D eigenvalue weighted by Gasteiger charge is -2.40. The molecular weight excluding hydrogens is 371 g/mol. The van der Waals surface area contributed by atoms with E-state index in [0.717, 1.165) is 17.5 Å². The molecule has 28 heavy (non-hydrogen) atoms. The normalized spacial score (nSPS) is 35.7. The number of aromatic nitrogens is 3. The van der Waals surface area contributed by atoms with Gasteiger partial charge in [0.2, 0.25) is 11.9 Å². The monoisotopic (exact) mass is 397 g/mol. The Labute approximate surface area is 161 Å². The van der Waals surface area contributed by atoms with Gasteiger partial charge in [-0.2, -0.15) is 23.3 Å². The number of likely N-dealkylation sites (tertiary alicyclic amines) is 1. The van der Waals surface area contributed by atoms with Crippen LogP contribution in [0.1, 0.15) is 51.0 Å². The predicted octanol–water partition coefficient (Wildman–Crippen LogP) is 3.24. The summed E-state index contributed by atoms with van der Waals surface area (Å²) in [6.45, 7) is 1.31. The molecule has 1 aromatic heterocycles. The second-order valence-electron chi connectivity index (χ2n) is 8.87. The number of rotatable bonds is 2. The highest BCUT2D eigenvalue weighted by Crippen LogP contribution is 2.56. The minimum absolute atomic E-state index is 0.0365. The summed E-state index contributed by atoms with van der Waals surface area (Å²) in [7, 11) is 0. The second kappa shape index (κ2) is 6.62.